The van der Waals surface area contributed by atoms with Gasteiger partial charge in [0.25, 0.3) is 0 Å². The van der Waals surface area contributed by atoms with E-state index in [1.54, 1.807) is 42.5 Å². The van der Waals surface area contributed by atoms with E-state index in [9.17, 15) is 30.7 Å². The van der Waals surface area contributed by atoms with Crippen LogP contribution in [0.5, 0.6) is 11.5 Å². The molecule has 0 saturated carbocycles. The van der Waals surface area contributed by atoms with Crippen molar-refractivity contribution in [2.75, 3.05) is 14.2 Å². The summed E-state index contributed by atoms with van der Waals surface area (Å²) < 4.78 is 223. The summed E-state index contributed by atoms with van der Waals surface area (Å²) in [5.41, 5.74) is -5.23. The zero-order chi connectivity index (χ0) is 85.9. The number of benzene rings is 4. The fourth-order valence-corrected chi connectivity index (χ4v) is 20.9. The van der Waals surface area contributed by atoms with Gasteiger partial charge in [0.2, 0.25) is 0 Å². The molecular weight excluding hydrogens is 1710 g/mol. The van der Waals surface area contributed by atoms with Crippen molar-refractivity contribution in [3.05, 3.63) is 210 Å². The van der Waals surface area contributed by atoms with Crippen molar-refractivity contribution in [3.8, 4) is 73.2 Å². The van der Waals surface area contributed by atoms with Gasteiger partial charge in [-0.3, -0.25) is 0 Å². The number of thiophene rings is 6. The summed E-state index contributed by atoms with van der Waals surface area (Å²) in [5.74, 6) is -36.8. The first-order chi connectivity index (χ1) is 53.5. The molecule has 2 aliphatic rings. The number of hydrogen-bond donors (Lipinski definition) is 0. The van der Waals surface area contributed by atoms with Gasteiger partial charge in [-0.15, -0.1) is 68.0 Å². The molecule has 8 aromatic heterocycles. The Morgan fingerprint density at radius 1 is 0.381 bits per heavy atom. The van der Waals surface area contributed by atoms with Crippen LogP contribution in [0, 0.1) is 6.92 Å². The average molecular weight is 1810 g/mol. The van der Waals surface area contributed by atoms with Crippen LogP contribution in [0.4, 0.5) is 57.1 Å². The Kier molecular flexibility index (Phi) is 27.4. The van der Waals surface area contributed by atoms with E-state index in [4.69, 9.17) is 18.3 Å². The van der Waals surface area contributed by atoms with Crippen LogP contribution in [0.3, 0.4) is 0 Å². The van der Waals surface area contributed by atoms with Crippen molar-refractivity contribution in [1.29, 1.82) is 0 Å². The van der Waals surface area contributed by atoms with Gasteiger partial charge in [0.1, 0.15) is 34.2 Å². The Balaban J connectivity index is 0.000000214. The number of unbranched alkanes of at least 4 members (excludes halogenated alkanes) is 1. The van der Waals surface area contributed by atoms with Crippen molar-refractivity contribution < 1.29 is 94.2 Å². The monoisotopic (exact) mass is 1800 g/mol. The van der Waals surface area contributed by atoms with Crippen LogP contribution in [0.25, 0.3) is 100 Å². The SMILES string of the molecule is C.CC(C)(C)c1ccc(-c2cc(Br)c(-c3ccc(C(C)(C)C)s3)s2)s1.COc1ccc2oc(-c3ccc(C(C)(C)C)cc3)c(C3=C(F)C(F)(F)C(F)(F)C3(F)F)c2c1.COc1ccc2oc(-c3ccc(C(C)(C)C)cc3)c(C3=C(c4cc(-c5ccc(C(C)(C)C)s5)sc4-c4ccc(C(C)(C)C)s4)C(F)(F)C(F)(F)C3(F)F)c2c1.[CH2-]CCC.[Li+]. The molecule has 0 atom stereocenters. The van der Waals surface area contributed by atoms with E-state index in [0.29, 0.717) is 9.75 Å². The number of methoxy groups -OCH3 is 2. The van der Waals surface area contributed by atoms with E-state index in [-0.39, 0.29) is 120 Å². The number of furan rings is 2. The Morgan fingerprint density at radius 3 is 1.04 bits per heavy atom. The van der Waals surface area contributed by atoms with Gasteiger partial charge in [-0.1, -0.05) is 194 Å². The van der Waals surface area contributed by atoms with Crippen molar-refractivity contribution in [3.63, 3.8) is 0 Å². The third-order valence-corrected chi connectivity index (χ3v) is 29.9. The number of fused-ring (bicyclic) bond motifs is 2. The molecule has 14 rings (SSSR count). The maximum atomic E-state index is 16.8. The predicted molar refractivity (Wildman–Crippen MR) is 470 cm³/mol. The molecule has 0 saturated heterocycles. The number of halogens is 14. The molecule has 2 aliphatic carbocycles. The quantitative estimate of drug-likeness (QED) is 0.0695. The normalized spacial score (nSPS) is 16.2. The molecular formula is C93H97BrF13LiO4S6. The Hall–Kier alpha value is -6.59. The molecule has 0 fully saturated rings. The molecule has 0 radical (unpaired) electrons. The van der Waals surface area contributed by atoms with Gasteiger partial charge in [0.15, 0.2) is 5.83 Å². The standard InChI is InChI=1S/C44H42F6O2S3.C24H19F7O2.C20H23BrS3.C4H9.CH4.Li/c1-39(2,3)24-13-11-23(12-14-24)37-34(26-21-25(51-10)15-16-28(26)52-37)36-35(42(45,46)44(49,50)43(36,47)48)27-22-31(29-17-19-32(53-29)40(4,5)6)55-38(27)30-18-20-33(54-30)41(7,8)9;1-21(2,3)13-7-5-12(6-8-13)19-17(15-11-14(32-4)9-10-16(15)33-19)18-20(25)23(28,29)24(30,31)22(18,26)27;1-19(2,3)16-9-7-13(22-16)15-11-12(21)18(24-15)14-8-10-17(23-14)20(4,5)6;1-3-4-2;;/h11-22H,1-10H3;5-11H,1-4H3;7-11H,1-6H3;1,3-4H2,2H3;1H4;/q;;;-1;;+1. The predicted octanol–water partition coefficient (Wildman–Crippen LogP) is 31.2. The van der Waals surface area contributed by atoms with Gasteiger partial charge in [0, 0.05) is 103 Å². The second kappa shape index (κ2) is 33.9. The Bertz CT molecular complexity index is 5650. The Morgan fingerprint density at radius 2 is 0.703 bits per heavy atom. The molecule has 25 heteroatoms. The molecule has 12 aromatic rings. The van der Waals surface area contributed by atoms with Crippen LogP contribution in [0.1, 0.15) is 199 Å². The molecule has 8 heterocycles. The van der Waals surface area contributed by atoms with Gasteiger partial charge < -0.3 is 25.2 Å². The second-order valence-electron chi connectivity index (χ2n) is 35.0. The number of alkyl halides is 12. The van der Waals surface area contributed by atoms with Crippen molar-refractivity contribution in [1.82, 2.24) is 0 Å². The van der Waals surface area contributed by atoms with Crippen molar-refractivity contribution in [2.45, 2.75) is 220 Å². The summed E-state index contributed by atoms with van der Waals surface area (Å²) in [6.07, 6.45) is 2.28. The van der Waals surface area contributed by atoms with E-state index >= 15 is 26.3 Å². The van der Waals surface area contributed by atoms with Crippen LogP contribution >= 0.6 is 84.0 Å². The molecule has 0 amide bonds. The molecule has 0 spiro atoms. The van der Waals surface area contributed by atoms with Crippen LogP contribution in [-0.2, 0) is 32.5 Å². The van der Waals surface area contributed by atoms with E-state index in [2.05, 4.69) is 102 Å². The van der Waals surface area contributed by atoms with Gasteiger partial charge in [-0.25, -0.2) is 4.39 Å². The maximum absolute atomic E-state index is 16.8. The van der Waals surface area contributed by atoms with E-state index in [0.717, 1.165) is 49.6 Å². The Labute approximate surface area is 728 Å². The fraction of sp³-hybridized carbons (Fsp3) is 0.387. The minimum Gasteiger partial charge on any atom is -0.497 e. The average Bonchev–Trinajstić information content (AvgIpc) is 1.52. The summed E-state index contributed by atoms with van der Waals surface area (Å²) in [5, 5.41) is -0.311. The first-order valence-corrected chi connectivity index (χ1v) is 43.2. The summed E-state index contributed by atoms with van der Waals surface area (Å²) in [6.45, 7) is 43.4. The number of allylic oxidation sites excluding steroid dienone is 4. The first-order valence-electron chi connectivity index (χ1n) is 37.5. The maximum Gasteiger partial charge on any atom is 1.00 e. The molecule has 628 valence electrons. The summed E-state index contributed by atoms with van der Waals surface area (Å²) >= 11 is 13.4. The molecule has 4 aromatic carbocycles. The van der Waals surface area contributed by atoms with Crippen LogP contribution < -0.4 is 28.3 Å². The minimum absolute atomic E-state index is 0. The summed E-state index contributed by atoms with van der Waals surface area (Å²) in [7, 11) is 2.63. The van der Waals surface area contributed by atoms with E-state index in [1.807, 2.05) is 135 Å². The van der Waals surface area contributed by atoms with Crippen LogP contribution in [0.2, 0.25) is 0 Å². The van der Waals surface area contributed by atoms with Gasteiger partial charge in [-0.2, -0.15) is 59.1 Å². The minimum atomic E-state index is -5.96. The smallest absolute Gasteiger partial charge is 0.497 e. The van der Waals surface area contributed by atoms with Crippen LogP contribution in [0.15, 0.2) is 165 Å². The number of ether oxygens (including phenoxy) is 2. The van der Waals surface area contributed by atoms with Gasteiger partial charge >= 0.3 is 54.4 Å². The zero-order valence-electron chi connectivity index (χ0n) is 69.4. The molecule has 0 unspecified atom stereocenters. The topological polar surface area (TPSA) is 44.7 Å². The zero-order valence-corrected chi connectivity index (χ0v) is 75.8. The van der Waals surface area contributed by atoms with Gasteiger partial charge in [0.05, 0.1) is 29.5 Å². The molecule has 4 nitrogen and oxygen atoms in total. The van der Waals surface area contributed by atoms with E-state index < -0.39 is 75.0 Å². The summed E-state index contributed by atoms with van der Waals surface area (Å²) in [4.78, 5) is 12.2. The van der Waals surface area contributed by atoms with Crippen molar-refractivity contribution in [2.24, 2.45) is 0 Å². The molecule has 0 N–H and O–H groups in total. The molecule has 0 bridgehead atoms. The molecule has 118 heavy (non-hydrogen) atoms. The van der Waals surface area contributed by atoms with Crippen molar-refractivity contribution >= 4 is 123 Å². The largest absolute Gasteiger partial charge is 1.00 e. The number of rotatable bonds is 12. The third-order valence-electron chi connectivity index (χ3n) is 19.9. The van der Waals surface area contributed by atoms with Gasteiger partial charge in [-0.05, 0) is 157 Å². The second-order valence-corrected chi connectivity index (χ2v) is 42.3. The third kappa shape index (κ3) is 17.8. The van der Waals surface area contributed by atoms with E-state index in [1.165, 1.54) is 126 Å². The first kappa shape index (κ1) is 95.2. The fourth-order valence-electron chi connectivity index (χ4n) is 13.0. The summed E-state index contributed by atoms with van der Waals surface area (Å²) in [6, 6.07) is 41.5. The number of hydrogen-bond acceptors (Lipinski definition) is 10. The molecule has 0 aliphatic heterocycles. The van der Waals surface area contributed by atoms with Crippen LogP contribution in [-0.4, -0.2) is 49.8 Å².